The molecule has 4 nitrogen and oxygen atoms in total. The Labute approximate surface area is 165 Å². The van der Waals surface area contributed by atoms with Gasteiger partial charge in [-0.25, -0.2) is 4.98 Å². The predicted octanol–water partition coefficient (Wildman–Crippen LogP) is 5.44. The van der Waals surface area contributed by atoms with Crippen molar-refractivity contribution < 1.29 is 9.47 Å². The maximum Gasteiger partial charge on any atom is 0.140 e. The Bertz CT molecular complexity index is 1070. The highest BCUT2D eigenvalue weighted by Gasteiger charge is 2.19. The van der Waals surface area contributed by atoms with E-state index in [2.05, 4.69) is 35.9 Å². The second-order valence-corrected chi connectivity index (χ2v) is 6.51. The van der Waals surface area contributed by atoms with Crippen LogP contribution in [-0.4, -0.2) is 23.8 Å². The first kappa shape index (κ1) is 17.9. The number of aromatic nitrogens is 2. The second-order valence-electron chi connectivity index (χ2n) is 6.51. The van der Waals surface area contributed by atoms with Crippen molar-refractivity contribution in [3.05, 3.63) is 78.9 Å². The summed E-state index contributed by atoms with van der Waals surface area (Å²) < 4.78 is 12.8. The fourth-order valence-corrected chi connectivity index (χ4v) is 3.37. The summed E-state index contributed by atoms with van der Waals surface area (Å²) in [4.78, 5) is 5.02. The van der Waals surface area contributed by atoms with Crippen molar-refractivity contribution in [2.45, 2.75) is 0 Å². The Morgan fingerprint density at radius 2 is 1.18 bits per heavy atom. The monoisotopic (exact) mass is 370 g/mol. The third-order valence-corrected chi connectivity index (χ3v) is 4.85. The van der Waals surface area contributed by atoms with Crippen LogP contribution in [0.15, 0.2) is 78.9 Å². The average molecular weight is 370 g/mol. The normalized spacial score (nSPS) is 10.7. The summed E-state index contributed by atoms with van der Waals surface area (Å²) in [6.45, 7) is 0. The lowest BCUT2D eigenvalue weighted by Gasteiger charge is -2.09. The molecule has 4 aromatic rings. The summed E-state index contributed by atoms with van der Waals surface area (Å²) in [6, 6.07) is 26.3. The van der Waals surface area contributed by atoms with Crippen LogP contribution in [0.2, 0.25) is 0 Å². The van der Waals surface area contributed by atoms with E-state index in [1.54, 1.807) is 14.2 Å². The average Bonchev–Trinajstić information content (AvgIpc) is 3.11. The lowest BCUT2D eigenvalue weighted by Crippen LogP contribution is -1.96. The minimum absolute atomic E-state index is 0.828. The summed E-state index contributed by atoms with van der Waals surface area (Å²) in [7, 11) is 5.41. The van der Waals surface area contributed by atoms with Crippen LogP contribution in [-0.2, 0) is 7.05 Å². The van der Waals surface area contributed by atoms with Crippen LogP contribution >= 0.6 is 0 Å². The first-order chi connectivity index (χ1) is 13.7. The molecule has 4 heteroatoms. The highest BCUT2D eigenvalue weighted by Crippen LogP contribution is 2.36. The van der Waals surface area contributed by atoms with Crippen molar-refractivity contribution in [2.24, 2.45) is 7.05 Å². The molecular weight excluding hydrogens is 348 g/mol. The van der Waals surface area contributed by atoms with Gasteiger partial charge in [-0.05, 0) is 48.5 Å². The van der Waals surface area contributed by atoms with Crippen molar-refractivity contribution in [3.63, 3.8) is 0 Å². The van der Waals surface area contributed by atoms with E-state index < -0.39 is 0 Å². The summed E-state index contributed by atoms with van der Waals surface area (Å²) >= 11 is 0. The molecule has 28 heavy (non-hydrogen) atoms. The largest absolute Gasteiger partial charge is 0.497 e. The smallest absolute Gasteiger partial charge is 0.140 e. The molecule has 1 aromatic heterocycles. The van der Waals surface area contributed by atoms with E-state index in [4.69, 9.17) is 14.5 Å². The molecule has 0 aliphatic carbocycles. The molecule has 1 heterocycles. The summed E-state index contributed by atoms with van der Waals surface area (Å²) in [5.74, 6) is 2.59. The van der Waals surface area contributed by atoms with E-state index in [0.29, 0.717) is 0 Å². The van der Waals surface area contributed by atoms with Crippen LogP contribution in [0.25, 0.3) is 33.9 Å². The van der Waals surface area contributed by atoms with E-state index in [0.717, 1.165) is 45.4 Å². The topological polar surface area (TPSA) is 36.3 Å². The molecule has 3 aromatic carbocycles. The first-order valence-corrected chi connectivity index (χ1v) is 9.12. The molecule has 0 aliphatic heterocycles. The number of hydrogen-bond donors (Lipinski definition) is 0. The fraction of sp³-hybridized carbons (Fsp3) is 0.125. The molecule has 140 valence electrons. The zero-order chi connectivity index (χ0) is 19.5. The van der Waals surface area contributed by atoms with Crippen LogP contribution in [0, 0.1) is 0 Å². The molecular formula is C24H22N2O2. The molecule has 0 saturated carbocycles. The van der Waals surface area contributed by atoms with E-state index in [1.807, 2.05) is 54.6 Å². The molecule has 0 atom stereocenters. The van der Waals surface area contributed by atoms with Crippen LogP contribution < -0.4 is 9.47 Å². The van der Waals surface area contributed by atoms with Crippen LogP contribution in [0.1, 0.15) is 0 Å². The number of nitrogens with zero attached hydrogens (tertiary/aromatic N) is 2. The van der Waals surface area contributed by atoms with Gasteiger partial charge in [-0.3, -0.25) is 0 Å². The van der Waals surface area contributed by atoms with Gasteiger partial charge < -0.3 is 14.0 Å². The fourth-order valence-electron chi connectivity index (χ4n) is 3.37. The lowest BCUT2D eigenvalue weighted by molar-refractivity contribution is 0.414. The van der Waals surface area contributed by atoms with E-state index >= 15 is 0 Å². The van der Waals surface area contributed by atoms with Gasteiger partial charge in [0.15, 0.2) is 0 Å². The number of rotatable bonds is 5. The van der Waals surface area contributed by atoms with Crippen molar-refractivity contribution in [2.75, 3.05) is 14.2 Å². The van der Waals surface area contributed by atoms with Gasteiger partial charge in [0.25, 0.3) is 0 Å². The van der Waals surface area contributed by atoms with Crippen LogP contribution in [0.4, 0.5) is 0 Å². The zero-order valence-electron chi connectivity index (χ0n) is 16.2. The number of imidazole rings is 1. The Morgan fingerprint density at radius 3 is 1.71 bits per heavy atom. The minimum Gasteiger partial charge on any atom is -0.497 e. The van der Waals surface area contributed by atoms with Gasteiger partial charge in [-0.15, -0.1) is 0 Å². The highest BCUT2D eigenvalue weighted by molar-refractivity contribution is 5.82. The number of hydrogen-bond acceptors (Lipinski definition) is 3. The van der Waals surface area contributed by atoms with Crippen molar-refractivity contribution in [1.82, 2.24) is 9.55 Å². The number of ether oxygens (including phenoxy) is 2. The van der Waals surface area contributed by atoms with Gasteiger partial charge in [0, 0.05) is 23.7 Å². The first-order valence-electron chi connectivity index (χ1n) is 9.12. The van der Waals surface area contributed by atoms with Gasteiger partial charge in [0.05, 0.1) is 25.6 Å². The summed E-state index contributed by atoms with van der Waals surface area (Å²) in [6.07, 6.45) is 0. The Hall–Kier alpha value is -3.53. The minimum atomic E-state index is 0.828. The quantitative estimate of drug-likeness (QED) is 0.469. The van der Waals surface area contributed by atoms with E-state index in [9.17, 15) is 0 Å². The maximum atomic E-state index is 5.31. The third-order valence-electron chi connectivity index (χ3n) is 4.85. The summed E-state index contributed by atoms with van der Waals surface area (Å²) in [5, 5.41) is 0. The molecule has 0 aliphatic rings. The standard InChI is InChI=1S/C24H22N2O2/c1-26-23(18-11-15-21(28-3)16-12-18)22(17-9-13-20(27-2)14-10-17)25-24(26)19-7-5-4-6-8-19/h4-16H,1-3H3. The summed E-state index contributed by atoms with van der Waals surface area (Å²) in [5.41, 5.74) is 5.22. The Balaban J connectivity index is 1.91. The van der Waals surface area contributed by atoms with Gasteiger partial charge in [-0.2, -0.15) is 0 Å². The van der Waals surface area contributed by atoms with Crippen LogP contribution in [0.5, 0.6) is 11.5 Å². The number of methoxy groups -OCH3 is 2. The van der Waals surface area contributed by atoms with Gasteiger partial charge >= 0.3 is 0 Å². The Morgan fingerprint density at radius 1 is 0.643 bits per heavy atom. The lowest BCUT2D eigenvalue weighted by atomic mass is 10.0. The molecule has 0 saturated heterocycles. The van der Waals surface area contributed by atoms with Crippen molar-refractivity contribution in [1.29, 1.82) is 0 Å². The van der Waals surface area contributed by atoms with Gasteiger partial charge in [-0.1, -0.05) is 30.3 Å². The molecule has 4 rings (SSSR count). The van der Waals surface area contributed by atoms with Crippen molar-refractivity contribution in [3.8, 4) is 45.4 Å². The molecule has 0 N–H and O–H groups in total. The SMILES string of the molecule is COc1ccc(-c2nc(-c3ccccc3)n(C)c2-c2ccc(OC)cc2)cc1. The number of benzene rings is 3. The molecule has 0 bridgehead atoms. The third kappa shape index (κ3) is 3.25. The second kappa shape index (κ2) is 7.61. The zero-order valence-corrected chi connectivity index (χ0v) is 16.2. The Kier molecular flexibility index (Phi) is 4.85. The highest BCUT2D eigenvalue weighted by atomic mass is 16.5. The van der Waals surface area contributed by atoms with E-state index in [1.165, 1.54) is 0 Å². The molecule has 0 radical (unpaired) electrons. The maximum absolute atomic E-state index is 5.31. The van der Waals surface area contributed by atoms with Gasteiger partial charge in [0.2, 0.25) is 0 Å². The van der Waals surface area contributed by atoms with Crippen molar-refractivity contribution >= 4 is 0 Å². The molecule has 0 spiro atoms. The van der Waals surface area contributed by atoms with E-state index in [-0.39, 0.29) is 0 Å². The van der Waals surface area contributed by atoms with Crippen LogP contribution in [0.3, 0.4) is 0 Å². The van der Waals surface area contributed by atoms with Gasteiger partial charge in [0.1, 0.15) is 17.3 Å². The molecule has 0 fully saturated rings. The predicted molar refractivity (Wildman–Crippen MR) is 113 cm³/mol. The molecule has 0 amide bonds. The molecule has 0 unspecified atom stereocenters.